The first kappa shape index (κ1) is 17.4. The fraction of sp³-hybridized carbons (Fsp3) is 0.300. The van der Waals surface area contributed by atoms with Gasteiger partial charge in [0.1, 0.15) is 0 Å². The fourth-order valence-corrected chi connectivity index (χ4v) is 4.18. The van der Waals surface area contributed by atoms with Crippen LogP contribution >= 0.6 is 0 Å². The Morgan fingerprint density at radius 2 is 1.48 bits per heavy atom. The van der Waals surface area contributed by atoms with Gasteiger partial charge in [-0.2, -0.15) is 5.26 Å². The maximum Gasteiger partial charge on any atom is 0.253 e. The summed E-state index contributed by atoms with van der Waals surface area (Å²) in [4.78, 5) is 14.2. The van der Waals surface area contributed by atoms with Crippen molar-refractivity contribution in [2.45, 2.75) is 24.3 Å². The number of carbonyl (C=O) groups is 1. The molecule has 1 amide bonds. The summed E-state index contributed by atoms with van der Waals surface area (Å²) in [5.74, 6) is 1.00. The van der Waals surface area contributed by atoms with E-state index in [4.69, 9.17) is 5.26 Å². The SMILES string of the molecule is N#Cc1ccc(CS(=O)Cc2ccc(C(=O)N3CCCC3)cc2)cc1. The van der Waals surface area contributed by atoms with Crippen LogP contribution in [-0.2, 0) is 22.3 Å². The van der Waals surface area contributed by atoms with Gasteiger partial charge >= 0.3 is 0 Å². The van der Waals surface area contributed by atoms with Crippen molar-refractivity contribution in [2.75, 3.05) is 13.1 Å². The van der Waals surface area contributed by atoms with Gasteiger partial charge in [-0.3, -0.25) is 9.00 Å². The van der Waals surface area contributed by atoms with Crippen molar-refractivity contribution in [3.8, 4) is 6.07 Å². The number of nitriles is 1. The third-order valence-electron chi connectivity index (χ3n) is 4.33. The standard InChI is InChI=1S/C20H20N2O2S/c21-13-16-3-5-17(6-4-16)14-25(24)15-18-7-9-19(10-8-18)20(23)22-11-1-2-12-22/h3-10H,1-2,11-12,14-15H2. The average molecular weight is 352 g/mol. The summed E-state index contributed by atoms with van der Waals surface area (Å²) in [7, 11) is -1.03. The lowest BCUT2D eigenvalue weighted by atomic mass is 10.1. The van der Waals surface area contributed by atoms with Crippen LogP contribution in [0.25, 0.3) is 0 Å². The van der Waals surface area contributed by atoms with Gasteiger partial charge in [-0.15, -0.1) is 0 Å². The second kappa shape index (κ2) is 8.09. The molecule has 5 heteroatoms. The van der Waals surface area contributed by atoms with Crippen LogP contribution < -0.4 is 0 Å². The van der Waals surface area contributed by atoms with Crippen LogP contribution in [0.1, 0.15) is 39.9 Å². The predicted octanol–water partition coefficient (Wildman–Crippen LogP) is 3.24. The number of nitrogens with zero attached hydrogens (tertiary/aromatic N) is 2. The second-order valence-electron chi connectivity index (χ2n) is 6.23. The van der Waals surface area contributed by atoms with E-state index in [-0.39, 0.29) is 5.91 Å². The van der Waals surface area contributed by atoms with E-state index in [2.05, 4.69) is 6.07 Å². The maximum absolute atomic E-state index is 12.3. The van der Waals surface area contributed by atoms with Crippen molar-refractivity contribution in [3.05, 3.63) is 70.8 Å². The van der Waals surface area contributed by atoms with Crippen LogP contribution in [0, 0.1) is 11.3 Å². The zero-order chi connectivity index (χ0) is 17.6. The number of hydrogen-bond donors (Lipinski definition) is 0. The summed E-state index contributed by atoms with van der Waals surface area (Å²) in [6, 6.07) is 16.7. The minimum absolute atomic E-state index is 0.0859. The zero-order valence-electron chi connectivity index (χ0n) is 14.0. The second-order valence-corrected chi connectivity index (χ2v) is 7.69. The molecule has 1 atom stereocenters. The first-order chi connectivity index (χ1) is 12.2. The number of carbonyl (C=O) groups excluding carboxylic acids is 1. The fourth-order valence-electron chi connectivity index (χ4n) is 2.94. The molecule has 0 aromatic heterocycles. The molecule has 1 aliphatic heterocycles. The molecule has 0 radical (unpaired) electrons. The van der Waals surface area contributed by atoms with Gasteiger partial charge in [0.15, 0.2) is 0 Å². The number of benzene rings is 2. The van der Waals surface area contributed by atoms with Crippen molar-refractivity contribution >= 4 is 16.7 Å². The molecule has 2 aromatic rings. The highest BCUT2D eigenvalue weighted by Crippen LogP contribution is 2.15. The third kappa shape index (κ3) is 4.55. The molecule has 0 N–H and O–H groups in total. The van der Waals surface area contributed by atoms with Crippen molar-refractivity contribution in [3.63, 3.8) is 0 Å². The molecule has 1 unspecified atom stereocenters. The molecule has 2 aromatic carbocycles. The highest BCUT2D eigenvalue weighted by atomic mass is 32.2. The Labute approximate surface area is 150 Å². The van der Waals surface area contributed by atoms with Crippen LogP contribution in [0.3, 0.4) is 0 Å². The predicted molar refractivity (Wildman–Crippen MR) is 98.3 cm³/mol. The van der Waals surface area contributed by atoms with Crippen LogP contribution in [0.5, 0.6) is 0 Å². The molecule has 0 spiro atoms. The van der Waals surface area contributed by atoms with Gasteiger partial charge in [0.25, 0.3) is 5.91 Å². The molecule has 0 saturated carbocycles. The van der Waals surface area contributed by atoms with Crippen LogP contribution in [-0.4, -0.2) is 28.1 Å². The lowest BCUT2D eigenvalue weighted by Gasteiger charge is -2.15. The zero-order valence-corrected chi connectivity index (χ0v) is 14.8. The molecule has 25 heavy (non-hydrogen) atoms. The Kier molecular flexibility index (Phi) is 5.62. The molecule has 0 aliphatic carbocycles. The lowest BCUT2D eigenvalue weighted by Crippen LogP contribution is -2.27. The van der Waals surface area contributed by atoms with Crippen LogP contribution in [0.2, 0.25) is 0 Å². The average Bonchev–Trinajstić information content (AvgIpc) is 3.17. The number of hydrogen-bond acceptors (Lipinski definition) is 3. The van der Waals surface area contributed by atoms with E-state index >= 15 is 0 Å². The third-order valence-corrected chi connectivity index (χ3v) is 5.64. The number of amides is 1. The summed E-state index contributed by atoms with van der Waals surface area (Å²) < 4.78 is 12.3. The summed E-state index contributed by atoms with van der Waals surface area (Å²) in [6.45, 7) is 1.68. The Bertz CT molecular complexity index is 801. The van der Waals surface area contributed by atoms with E-state index in [1.54, 1.807) is 12.1 Å². The Morgan fingerprint density at radius 3 is 2.00 bits per heavy atom. The van der Waals surface area contributed by atoms with Crippen molar-refractivity contribution < 1.29 is 9.00 Å². The van der Waals surface area contributed by atoms with E-state index in [0.29, 0.717) is 22.6 Å². The van der Waals surface area contributed by atoms with E-state index < -0.39 is 10.8 Å². The van der Waals surface area contributed by atoms with Gasteiger partial charge in [0, 0.05) is 41.0 Å². The molecule has 4 nitrogen and oxygen atoms in total. The molecule has 1 saturated heterocycles. The molecular formula is C20H20N2O2S. The molecular weight excluding hydrogens is 332 g/mol. The van der Waals surface area contributed by atoms with Gasteiger partial charge in [0.05, 0.1) is 11.6 Å². The van der Waals surface area contributed by atoms with Gasteiger partial charge in [0.2, 0.25) is 0 Å². The van der Waals surface area contributed by atoms with Gasteiger partial charge in [-0.1, -0.05) is 24.3 Å². The van der Waals surface area contributed by atoms with Gasteiger partial charge in [-0.25, -0.2) is 0 Å². The number of rotatable bonds is 5. The van der Waals surface area contributed by atoms with Crippen molar-refractivity contribution in [1.82, 2.24) is 4.90 Å². The van der Waals surface area contributed by atoms with E-state index in [1.165, 1.54) is 0 Å². The van der Waals surface area contributed by atoms with Crippen molar-refractivity contribution in [2.24, 2.45) is 0 Å². The maximum atomic E-state index is 12.3. The van der Waals surface area contributed by atoms with Gasteiger partial charge < -0.3 is 4.90 Å². The first-order valence-electron chi connectivity index (χ1n) is 8.38. The van der Waals surface area contributed by atoms with Crippen LogP contribution in [0.4, 0.5) is 0 Å². The smallest absolute Gasteiger partial charge is 0.253 e. The minimum atomic E-state index is -1.03. The largest absolute Gasteiger partial charge is 0.339 e. The highest BCUT2D eigenvalue weighted by Gasteiger charge is 2.19. The van der Waals surface area contributed by atoms with Gasteiger partial charge in [-0.05, 0) is 48.2 Å². The molecule has 1 aliphatic rings. The lowest BCUT2D eigenvalue weighted by molar-refractivity contribution is 0.0793. The quantitative estimate of drug-likeness (QED) is 0.830. The summed E-state index contributed by atoms with van der Waals surface area (Å²) in [6.07, 6.45) is 2.16. The summed E-state index contributed by atoms with van der Waals surface area (Å²) in [5.41, 5.74) is 3.22. The Morgan fingerprint density at radius 1 is 0.960 bits per heavy atom. The summed E-state index contributed by atoms with van der Waals surface area (Å²) in [5, 5.41) is 8.80. The van der Waals surface area contributed by atoms with E-state index in [1.807, 2.05) is 41.3 Å². The highest BCUT2D eigenvalue weighted by molar-refractivity contribution is 7.83. The molecule has 1 fully saturated rings. The molecule has 128 valence electrons. The summed E-state index contributed by atoms with van der Waals surface area (Å²) >= 11 is 0. The molecule has 3 rings (SSSR count). The molecule has 1 heterocycles. The monoisotopic (exact) mass is 352 g/mol. The minimum Gasteiger partial charge on any atom is -0.339 e. The normalized spacial score (nSPS) is 14.9. The first-order valence-corrected chi connectivity index (χ1v) is 9.87. The Hall–Kier alpha value is -2.45. The Balaban J connectivity index is 1.57. The molecule has 0 bridgehead atoms. The van der Waals surface area contributed by atoms with E-state index in [0.717, 1.165) is 37.1 Å². The topological polar surface area (TPSA) is 61.2 Å². The van der Waals surface area contributed by atoms with E-state index in [9.17, 15) is 9.00 Å². The van der Waals surface area contributed by atoms with Crippen molar-refractivity contribution in [1.29, 1.82) is 5.26 Å². The van der Waals surface area contributed by atoms with Crippen LogP contribution in [0.15, 0.2) is 48.5 Å². The number of likely N-dealkylation sites (tertiary alicyclic amines) is 1.